The van der Waals surface area contributed by atoms with E-state index in [-0.39, 0.29) is 12.3 Å². The Balaban J connectivity index is 1.91. The van der Waals surface area contributed by atoms with E-state index in [1.54, 1.807) is 18.2 Å². The molecule has 0 aliphatic carbocycles. The maximum atomic E-state index is 10.6. The number of carboxylic acid groups (broad SMARTS) is 1. The molecule has 1 aromatic rings. The molecule has 1 fully saturated rings. The van der Waals surface area contributed by atoms with Crippen LogP contribution in [0.3, 0.4) is 0 Å². The van der Waals surface area contributed by atoms with Gasteiger partial charge in [0, 0.05) is 43.3 Å². The van der Waals surface area contributed by atoms with E-state index in [2.05, 4.69) is 4.90 Å². The van der Waals surface area contributed by atoms with Crippen molar-refractivity contribution in [3.8, 4) is 5.75 Å². The van der Waals surface area contributed by atoms with E-state index in [0.717, 1.165) is 31.7 Å². The van der Waals surface area contributed by atoms with Crippen LogP contribution < -0.4 is 0 Å². The van der Waals surface area contributed by atoms with E-state index in [4.69, 9.17) is 16.7 Å². The van der Waals surface area contributed by atoms with Gasteiger partial charge in [0.25, 0.3) is 0 Å². The number of carbonyl (C=O) groups is 1. The second-order valence-electron chi connectivity index (χ2n) is 4.68. The average molecular weight is 285 g/mol. The fourth-order valence-electron chi connectivity index (χ4n) is 2.22. The summed E-state index contributed by atoms with van der Waals surface area (Å²) in [5.74, 6) is -0.585. The molecule has 1 aromatic carbocycles. The van der Waals surface area contributed by atoms with Crippen LogP contribution >= 0.6 is 11.6 Å². The standard InChI is InChI=1S/C13H17ClN2O3/c14-11-2-1-3-12(17)10(11)8-15-4-6-16(7-5-15)9-13(18)19/h1-3,17H,4-9H2,(H,18,19). The molecule has 0 bridgehead atoms. The molecule has 104 valence electrons. The van der Waals surface area contributed by atoms with Crippen molar-refractivity contribution in [2.45, 2.75) is 6.54 Å². The lowest BCUT2D eigenvalue weighted by molar-refractivity contribution is -0.138. The highest BCUT2D eigenvalue weighted by Gasteiger charge is 2.20. The van der Waals surface area contributed by atoms with Crippen molar-refractivity contribution in [1.29, 1.82) is 0 Å². The first kappa shape index (κ1) is 14.1. The number of halogens is 1. The second kappa shape index (κ2) is 6.23. The van der Waals surface area contributed by atoms with Gasteiger partial charge in [-0.25, -0.2) is 0 Å². The lowest BCUT2D eigenvalue weighted by Crippen LogP contribution is -2.47. The molecule has 0 radical (unpaired) electrons. The van der Waals surface area contributed by atoms with Crippen molar-refractivity contribution < 1.29 is 15.0 Å². The first-order valence-electron chi connectivity index (χ1n) is 6.19. The molecule has 2 rings (SSSR count). The van der Waals surface area contributed by atoms with E-state index in [1.165, 1.54) is 0 Å². The highest BCUT2D eigenvalue weighted by atomic mass is 35.5. The zero-order valence-electron chi connectivity index (χ0n) is 10.5. The van der Waals surface area contributed by atoms with Gasteiger partial charge in [0.2, 0.25) is 0 Å². The minimum Gasteiger partial charge on any atom is -0.508 e. The molecular weight excluding hydrogens is 268 g/mol. The van der Waals surface area contributed by atoms with Crippen LogP contribution in [0, 0.1) is 0 Å². The number of nitrogens with zero attached hydrogens (tertiary/aromatic N) is 2. The Kier molecular flexibility index (Phi) is 4.63. The Bertz CT molecular complexity index is 439. The summed E-state index contributed by atoms with van der Waals surface area (Å²) in [5.41, 5.74) is 0.732. The van der Waals surface area contributed by atoms with Crippen molar-refractivity contribution in [3.05, 3.63) is 28.8 Å². The van der Waals surface area contributed by atoms with E-state index < -0.39 is 5.97 Å². The van der Waals surface area contributed by atoms with Gasteiger partial charge in [-0.05, 0) is 12.1 Å². The Labute approximate surface area is 117 Å². The number of aliphatic carboxylic acids is 1. The van der Waals surface area contributed by atoms with Crippen LogP contribution in [-0.2, 0) is 11.3 Å². The summed E-state index contributed by atoms with van der Waals surface area (Å²) < 4.78 is 0. The van der Waals surface area contributed by atoms with Crippen LogP contribution in [0.2, 0.25) is 5.02 Å². The van der Waals surface area contributed by atoms with Crippen molar-refractivity contribution in [2.24, 2.45) is 0 Å². The zero-order valence-corrected chi connectivity index (χ0v) is 11.3. The molecule has 0 unspecified atom stereocenters. The minimum absolute atomic E-state index is 0.0885. The van der Waals surface area contributed by atoms with Gasteiger partial charge in [0.05, 0.1) is 6.54 Å². The number of benzene rings is 1. The van der Waals surface area contributed by atoms with Crippen molar-refractivity contribution in [3.63, 3.8) is 0 Å². The monoisotopic (exact) mass is 284 g/mol. The van der Waals surface area contributed by atoms with E-state index in [1.807, 2.05) is 4.90 Å². The van der Waals surface area contributed by atoms with Gasteiger partial charge >= 0.3 is 5.97 Å². The third kappa shape index (κ3) is 3.83. The van der Waals surface area contributed by atoms with Gasteiger partial charge in [-0.15, -0.1) is 0 Å². The Hall–Kier alpha value is -1.30. The molecule has 0 saturated carbocycles. The zero-order chi connectivity index (χ0) is 13.8. The third-order valence-electron chi connectivity index (χ3n) is 3.30. The number of carboxylic acids is 1. The van der Waals surface area contributed by atoms with Gasteiger partial charge in [-0.2, -0.15) is 0 Å². The van der Waals surface area contributed by atoms with Gasteiger partial charge in [-0.3, -0.25) is 14.6 Å². The largest absolute Gasteiger partial charge is 0.508 e. The molecule has 1 aliphatic rings. The third-order valence-corrected chi connectivity index (χ3v) is 3.65. The number of rotatable bonds is 4. The topological polar surface area (TPSA) is 64.0 Å². The molecule has 1 heterocycles. The van der Waals surface area contributed by atoms with Gasteiger partial charge in [-0.1, -0.05) is 17.7 Å². The lowest BCUT2D eigenvalue weighted by atomic mass is 10.1. The fourth-order valence-corrected chi connectivity index (χ4v) is 2.45. The Morgan fingerprint density at radius 2 is 1.84 bits per heavy atom. The van der Waals surface area contributed by atoms with E-state index in [9.17, 15) is 9.90 Å². The summed E-state index contributed by atoms with van der Waals surface area (Å²) in [4.78, 5) is 14.7. The molecule has 0 spiro atoms. The fraction of sp³-hybridized carbons (Fsp3) is 0.462. The lowest BCUT2D eigenvalue weighted by Gasteiger charge is -2.34. The van der Waals surface area contributed by atoms with Crippen LogP contribution in [0.15, 0.2) is 18.2 Å². The highest BCUT2D eigenvalue weighted by molar-refractivity contribution is 6.31. The molecule has 1 aliphatic heterocycles. The van der Waals surface area contributed by atoms with Crippen molar-refractivity contribution in [1.82, 2.24) is 9.80 Å². The van der Waals surface area contributed by atoms with Gasteiger partial charge in [0.1, 0.15) is 5.75 Å². The molecule has 1 saturated heterocycles. The molecule has 19 heavy (non-hydrogen) atoms. The number of phenols is 1. The van der Waals surface area contributed by atoms with E-state index >= 15 is 0 Å². The van der Waals surface area contributed by atoms with Crippen LogP contribution in [0.4, 0.5) is 0 Å². The number of aromatic hydroxyl groups is 1. The normalized spacial score (nSPS) is 17.5. The van der Waals surface area contributed by atoms with Crippen molar-refractivity contribution in [2.75, 3.05) is 32.7 Å². The molecule has 6 heteroatoms. The number of hydrogen-bond acceptors (Lipinski definition) is 4. The minimum atomic E-state index is -0.794. The Morgan fingerprint density at radius 1 is 1.21 bits per heavy atom. The SMILES string of the molecule is O=C(O)CN1CCN(Cc2c(O)cccc2Cl)CC1. The molecule has 0 amide bonds. The summed E-state index contributed by atoms with van der Waals surface area (Å²) >= 11 is 6.07. The maximum absolute atomic E-state index is 10.6. The van der Waals surface area contributed by atoms with Crippen LogP contribution in [0.5, 0.6) is 5.75 Å². The first-order chi connectivity index (χ1) is 9.06. The summed E-state index contributed by atoms with van der Waals surface area (Å²) in [6.45, 7) is 3.67. The van der Waals surface area contributed by atoms with Crippen LogP contribution in [-0.4, -0.2) is 58.7 Å². The average Bonchev–Trinajstić information content (AvgIpc) is 2.35. The summed E-state index contributed by atoms with van der Waals surface area (Å²) in [6.07, 6.45) is 0. The first-order valence-corrected chi connectivity index (χ1v) is 6.57. The summed E-state index contributed by atoms with van der Waals surface area (Å²) in [6, 6.07) is 5.10. The number of piperazine rings is 1. The smallest absolute Gasteiger partial charge is 0.317 e. The maximum Gasteiger partial charge on any atom is 0.317 e. The number of hydrogen-bond donors (Lipinski definition) is 2. The molecular formula is C13H17ClN2O3. The molecule has 0 aromatic heterocycles. The summed E-state index contributed by atoms with van der Waals surface area (Å²) in [7, 11) is 0. The molecule has 5 nitrogen and oxygen atoms in total. The molecule has 2 N–H and O–H groups in total. The van der Waals surface area contributed by atoms with Gasteiger partial charge < -0.3 is 10.2 Å². The summed E-state index contributed by atoms with van der Waals surface area (Å²) in [5, 5.41) is 19.1. The predicted molar refractivity (Wildman–Crippen MR) is 72.5 cm³/mol. The predicted octanol–water partition coefficient (Wildman–Crippen LogP) is 1.25. The van der Waals surface area contributed by atoms with Crippen LogP contribution in [0.25, 0.3) is 0 Å². The second-order valence-corrected chi connectivity index (χ2v) is 5.09. The van der Waals surface area contributed by atoms with Crippen molar-refractivity contribution >= 4 is 17.6 Å². The highest BCUT2D eigenvalue weighted by Crippen LogP contribution is 2.26. The van der Waals surface area contributed by atoms with E-state index in [0.29, 0.717) is 11.6 Å². The Morgan fingerprint density at radius 3 is 2.42 bits per heavy atom. The number of phenolic OH excluding ortho intramolecular Hbond substituents is 1. The van der Waals surface area contributed by atoms with Crippen LogP contribution in [0.1, 0.15) is 5.56 Å². The quantitative estimate of drug-likeness (QED) is 0.871. The van der Waals surface area contributed by atoms with Gasteiger partial charge in [0.15, 0.2) is 0 Å². The molecule has 0 atom stereocenters.